The quantitative estimate of drug-likeness (QED) is 0.301. The lowest BCUT2D eigenvalue weighted by Gasteiger charge is -2.39. The Morgan fingerprint density at radius 3 is 2.67 bits per heavy atom. The third kappa shape index (κ3) is 3.68. The van der Waals surface area contributed by atoms with Crippen LogP contribution in [0.4, 0.5) is 0 Å². The molecular weight excluding hydrogens is 494 g/mol. The first kappa shape index (κ1) is 22.8. The number of carbonyl (C=O) groups is 1. The van der Waals surface area contributed by atoms with E-state index in [2.05, 4.69) is 23.8 Å². The van der Waals surface area contributed by atoms with Crippen LogP contribution in [0, 0.1) is 0 Å². The number of aromatic nitrogens is 4. The summed E-state index contributed by atoms with van der Waals surface area (Å²) in [5.41, 5.74) is 5.36. The zero-order chi connectivity index (χ0) is 25.0. The van der Waals surface area contributed by atoms with Gasteiger partial charge >= 0.3 is 0 Å². The van der Waals surface area contributed by atoms with Crippen LogP contribution < -0.4 is 4.74 Å². The number of H-pyrrole nitrogens is 1. The summed E-state index contributed by atoms with van der Waals surface area (Å²) in [6.07, 6.45) is 3.64. The lowest BCUT2D eigenvalue weighted by atomic mass is 9.97. The second kappa shape index (κ2) is 8.50. The van der Waals surface area contributed by atoms with Crippen molar-refractivity contribution in [1.29, 1.82) is 0 Å². The molecule has 7 nitrogen and oxygen atoms in total. The molecule has 182 valence electrons. The molecule has 1 amide bonds. The molecule has 1 aromatic carbocycles. The van der Waals surface area contributed by atoms with Crippen molar-refractivity contribution in [3.05, 3.63) is 76.5 Å². The zero-order valence-electron chi connectivity index (χ0n) is 20.1. The summed E-state index contributed by atoms with van der Waals surface area (Å²) in [5.74, 6) is 0.733. The summed E-state index contributed by atoms with van der Waals surface area (Å²) in [6, 6.07) is 15.5. The minimum Gasteiger partial charge on any atom is -0.497 e. The van der Waals surface area contributed by atoms with Crippen molar-refractivity contribution in [2.24, 2.45) is 0 Å². The van der Waals surface area contributed by atoms with Crippen LogP contribution in [-0.2, 0) is 12.1 Å². The van der Waals surface area contributed by atoms with Crippen LogP contribution in [0.5, 0.6) is 5.75 Å². The Labute approximate surface area is 217 Å². The Bertz CT molecular complexity index is 1600. The summed E-state index contributed by atoms with van der Waals surface area (Å²) >= 11 is 7.81. The molecule has 0 spiro atoms. The van der Waals surface area contributed by atoms with Crippen molar-refractivity contribution in [1.82, 2.24) is 24.6 Å². The van der Waals surface area contributed by atoms with Crippen LogP contribution in [0.2, 0.25) is 4.34 Å². The molecule has 0 unspecified atom stereocenters. The van der Waals surface area contributed by atoms with Gasteiger partial charge in [-0.3, -0.25) is 14.5 Å². The number of aromatic amines is 1. The predicted molar refractivity (Wildman–Crippen MR) is 143 cm³/mol. The van der Waals surface area contributed by atoms with E-state index < -0.39 is 5.54 Å². The molecule has 5 aromatic rings. The molecule has 0 aliphatic carbocycles. The van der Waals surface area contributed by atoms with Crippen molar-refractivity contribution in [3.8, 4) is 27.4 Å². The number of fused-ring (bicyclic) bond motifs is 2. The Hall–Kier alpha value is -3.62. The second-order valence-electron chi connectivity index (χ2n) is 9.51. The van der Waals surface area contributed by atoms with Gasteiger partial charge in [0.05, 0.1) is 33.6 Å². The topological polar surface area (TPSA) is 76.0 Å². The van der Waals surface area contributed by atoms with E-state index in [1.807, 2.05) is 64.3 Å². The predicted octanol–water partition coefficient (Wildman–Crippen LogP) is 6.21. The Kier molecular flexibility index (Phi) is 5.39. The van der Waals surface area contributed by atoms with Crippen LogP contribution in [0.3, 0.4) is 0 Å². The van der Waals surface area contributed by atoms with Crippen LogP contribution in [-0.4, -0.2) is 44.2 Å². The number of methoxy groups -OCH3 is 1. The fraction of sp³-hybridized carbons (Fsp3) is 0.222. The highest BCUT2D eigenvalue weighted by Crippen LogP contribution is 2.44. The van der Waals surface area contributed by atoms with Crippen LogP contribution in [0.25, 0.3) is 32.7 Å². The first-order valence-corrected chi connectivity index (χ1v) is 12.8. The molecule has 9 heteroatoms. The summed E-state index contributed by atoms with van der Waals surface area (Å²) in [4.78, 5) is 24.6. The van der Waals surface area contributed by atoms with E-state index in [-0.39, 0.29) is 5.91 Å². The Balaban J connectivity index is 1.53. The summed E-state index contributed by atoms with van der Waals surface area (Å²) in [6.45, 7) is 5.25. The van der Waals surface area contributed by atoms with E-state index in [9.17, 15) is 4.79 Å². The number of rotatable bonds is 5. The smallest absolute Gasteiger partial charge is 0.273 e. The third-order valence-corrected chi connectivity index (χ3v) is 7.83. The maximum absolute atomic E-state index is 14.1. The number of pyridine rings is 1. The monoisotopic (exact) mass is 517 g/mol. The van der Waals surface area contributed by atoms with Crippen molar-refractivity contribution in [3.63, 3.8) is 0 Å². The summed E-state index contributed by atoms with van der Waals surface area (Å²) in [5, 5.41) is 5.07. The van der Waals surface area contributed by atoms with Gasteiger partial charge in [-0.05, 0) is 55.8 Å². The van der Waals surface area contributed by atoms with Gasteiger partial charge < -0.3 is 14.6 Å². The molecule has 6 rings (SSSR count). The van der Waals surface area contributed by atoms with Crippen LogP contribution in [0.15, 0.2) is 60.9 Å². The fourth-order valence-corrected chi connectivity index (χ4v) is 6.01. The van der Waals surface area contributed by atoms with Gasteiger partial charge in [0.15, 0.2) is 0 Å². The number of thiophene rings is 1. The Morgan fingerprint density at radius 2 is 1.94 bits per heavy atom. The highest BCUT2D eigenvalue weighted by molar-refractivity contribution is 7.19. The fourth-order valence-electron chi connectivity index (χ4n) is 4.92. The molecular formula is C27H24ClN5O2S. The number of hydrogen-bond acceptors (Lipinski definition) is 5. The highest BCUT2D eigenvalue weighted by atomic mass is 35.5. The van der Waals surface area contributed by atoms with Gasteiger partial charge in [0.25, 0.3) is 5.91 Å². The molecule has 36 heavy (non-hydrogen) atoms. The second-order valence-corrected chi connectivity index (χ2v) is 11.2. The lowest BCUT2D eigenvalue weighted by Crippen LogP contribution is -2.50. The maximum Gasteiger partial charge on any atom is 0.273 e. The van der Waals surface area contributed by atoms with Gasteiger partial charge in [0, 0.05) is 35.9 Å². The first-order valence-electron chi connectivity index (χ1n) is 11.6. The van der Waals surface area contributed by atoms with Crippen molar-refractivity contribution < 1.29 is 9.53 Å². The maximum atomic E-state index is 14.1. The minimum atomic E-state index is -0.425. The zero-order valence-corrected chi connectivity index (χ0v) is 21.7. The average molecular weight is 518 g/mol. The molecule has 0 fully saturated rings. The molecule has 5 heterocycles. The van der Waals surface area contributed by atoms with Crippen molar-refractivity contribution in [2.75, 3.05) is 13.7 Å². The molecule has 0 bridgehead atoms. The minimum absolute atomic E-state index is 0.0554. The molecule has 0 radical (unpaired) electrons. The average Bonchev–Trinajstić information content (AvgIpc) is 3.60. The molecule has 0 saturated heterocycles. The number of benzene rings is 1. The van der Waals surface area contributed by atoms with E-state index in [4.69, 9.17) is 21.4 Å². The molecule has 1 aliphatic heterocycles. The third-order valence-electron chi connectivity index (χ3n) is 6.58. The number of nitrogens with one attached hydrogen (secondary N) is 1. The summed E-state index contributed by atoms with van der Waals surface area (Å²) in [7, 11) is 1.65. The van der Waals surface area contributed by atoms with Gasteiger partial charge in [-0.1, -0.05) is 23.7 Å². The van der Waals surface area contributed by atoms with Crippen LogP contribution >= 0.6 is 22.9 Å². The Morgan fingerprint density at radius 1 is 1.14 bits per heavy atom. The number of halogens is 1. The van der Waals surface area contributed by atoms with Gasteiger partial charge in [0.2, 0.25) is 0 Å². The van der Waals surface area contributed by atoms with E-state index in [0.29, 0.717) is 23.1 Å². The van der Waals surface area contributed by atoms with Crippen molar-refractivity contribution >= 4 is 39.9 Å². The molecule has 4 aromatic heterocycles. The summed E-state index contributed by atoms with van der Waals surface area (Å²) < 4.78 is 7.84. The molecule has 1 aliphatic rings. The lowest BCUT2D eigenvalue weighted by molar-refractivity contribution is 0.0557. The normalized spacial score (nSPS) is 14.9. The van der Waals surface area contributed by atoms with Gasteiger partial charge in [-0.2, -0.15) is 5.10 Å². The van der Waals surface area contributed by atoms with Gasteiger partial charge in [0.1, 0.15) is 17.1 Å². The van der Waals surface area contributed by atoms with Gasteiger partial charge in [-0.25, -0.2) is 0 Å². The molecule has 0 atom stereocenters. The molecule has 0 saturated carbocycles. The van der Waals surface area contributed by atoms with Crippen LogP contribution in [0.1, 0.15) is 29.9 Å². The SMILES string of the molecule is COc1ccc(CN2CC(C)(C)n3nc(-c4ccnc5cc[nH]c45)c(-c4ccc(Cl)s4)c3C2=O)cc1. The van der Waals surface area contributed by atoms with E-state index >= 15 is 0 Å². The first-order chi connectivity index (χ1) is 17.4. The highest BCUT2D eigenvalue weighted by Gasteiger charge is 2.41. The standard InChI is InChI=1S/C27H24ClN5O2S/c1-27(2)15-32(14-16-4-6-17(35-3)7-5-16)26(34)25-22(20-8-9-21(28)36-20)24(31-33(25)27)18-10-12-29-19-11-13-30-23(18)19/h4-13,30H,14-15H2,1-3H3. The van der Waals surface area contributed by atoms with Gasteiger partial charge in [-0.15, -0.1) is 11.3 Å². The largest absolute Gasteiger partial charge is 0.497 e. The van der Waals surface area contributed by atoms with E-state index in [1.54, 1.807) is 13.3 Å². The van der Waals surface area contributed by atoms with Crippen molar-refractivity contribution in [2.45, 2.75) is 25.9 Å². The number of nitrogens with zero attached hydrogens (tertiary/aromatic N) is 4. The number of hydrogen-bond donors (Lipinski definition) is 1. The van der Waals surface area contributed by atoms with E-state index in [1.165, 1.54) is 11.3 Å². The molecule has 1 N–H and O–H groups in total. The van der Waals surface area contributed by atoms with E-state index in [0.717, 1.165) is 44.0 Å². The number of amides is 1. The number of ether oxygens (including phenoxy) is 1. The number of carbonyl (C=O) groups excluding carboxylic acids is 1.